The molecular weight excluding hydrogens is 240 g/mol. The van der Waals surface area contributed by atoms with Crippen LogP contribution in [0.25, 0.3) is 5.82 Å². The first-order chi connectivity index (χ1) is 8.49. The van der Waals surface area contributed by atoms with E-state index in [1.165, 1.54) is 17.1 Å². The number of aromatic nitrogens is 3. The molecule has 0 aliphatic rings. The van der Waals surface area contributed by atoms with E-state index in [1.807, 2.05) is 0 Å². The van der Waals surface area contributed by atoms with E-state index in [9.17, 15) is 14.9 Å². The summed E-state index contributed by atoms with van der Waals surface area (Å²) in [6.07, 6.45) is 3.03. The van der Waals surface area contributed by atoms with E-state index >= 15 is 0 Å². The van der Waals surface area contributed by atoms with Gasteiger partial charge >= 0.3 is 11.7 Å². The molecule has 2 aromatic rings. The predicted octanol–water partition coefficient (Wildman–Crippen LogP) is 1.18. The number of carboxylic acids is 1. The van der Waals surface area contributed by atoms with Crippen LogP contribution in [0.2, 0.25) is 0 Å². The Hall–Kier alpha value is -2.77. The van der Waals surface area contributed by atoms with Crippen molar-refractivity contribution in [1.29, 1.82) is 0 Å². The van der Waals surface area contributed by atoms with Crippen LogP contribution >= 0.6 is 0 Å². The molecule has 0 saturated heterocycles. The average Bonchev–Trinajstić information content (AvgIpc) is 2.74. The van der Waals surface area contributed by atoms with Crippen LogP contribution in [0.4, 0.5) is 5.69 Å². The fourth-order valence-corrected chi connectivity index (χ4v) is 1.40. The molecule has 2 aromatic heterocycles. The van der Waals surface area contributed by atoms with Crippen LogP contribution in [0.5, 0.6) is 0 Å². The Balaban J connectivity index is 2.64. The number of nitrogens with zero attached hydrogens (tertiary/aromatic N) is 4. The van der Waals surface area contributed by atoms with E-state index in [4.69, 9.17) is 5.11 Å². The molecule has 0 radical (unpaired) electrons. The van der Waals surface area contributed by atoms with Crippen molar-refractivity contribution in [2.45, 2.75) is 6.92 Å². The Morgan fingerprint density at radius 3 is 2.72 bits per heavy atom. The minimum absolute atomic E-state index is 0.118. The number of hydrogen-bond acceptors (Lipinski definition) is 5. The average molecular weight is 248 g/mol. The van der Waals surface area contributed by atoms with Gasteiger partial charge in [0, 0.05) is 12.3 Å². The number of pyridine rings is 1. The molecule has 0 spiro atoms. The van der Waals surface area contributed by atoms with E-state index in [1.54, 1.807) is 6.92 Å². The summed E-state index contributed by atoms with van der Waals surface area (Å²) in [6.45, 7) is 1.76. The standard InChI is InChI=1S/C10H8N4O4/c1-6-4-11-13(5-6)9-8(14(17)18)3-2-7(12-9)10(15)16/h2-5H,1H3,(H,15,16). The Morgan fingerprint density at radius 1 is 1.50 bits per heavy atom. The fourth-order valence-electron chi connectivity index (χ4n) is 1.40. The number of carboxylic acid groups (broad SMARTS) is 1. The minimum Gasteiger partial charge on any atom is -0.477 e. The summed E-state index contributed by atoms with van der Waals surface area (Å²) in [4.78, 5) is 24.8. The molecule has 0 amide bonds. The highest BCUT2D eigenvalue weighted by Crippen LogP contribution is 2.20. The van der Waals surface area contributed by atoms with Gasteiger partial charge in [0.05, 0.1) is 11.1 Å². The molecule has 0 bridgehead atoms. The Bertz CT molecular complexity index is 635. The quantitative estimate of drug-likeness (QED) is 0.644. The minimum atomic E-state index is -1.25. The third-order valence-electron chi connectivity index (χ3n) is 2.20. The maximum atomic E-state index is 10.9. The van der Waals surface area contributed by atoms with Crippen molar-refractivity contribution >= 4 is 11.7 Å². The van der Waals surface area contributed by atoms with Gasteiger partial charge in [0.25, 0.3) is 0 Å². The first kappa shape index (κ1) is 11.7. The highest BCUT2D eigenvalue weighted by molar-refractivity contribution is 5.86. The van der Waals surface area contributed by atoms with Gasteiger partial charge in [-0.2, -0.15) is 5.10 Å². The van der Waals surface area contributed by atoms with Crippen molar-refractivity contribution in [3.05, 3.63) is 45.9 Å². The lowest BCUT2D eigenvalue weighted by molar-refractivity contribution is -0.384. The van der Waals surface area contributed by atoms with Gasteiger partial charge in [-0.15, -0.1) is 0 Å². The Kier molecular flexibility index (Phi) is 2.76. The molecule has 0 saturated carbocycles. The number of aromatic carboxylic acids is 1. The van der Waals surface area contributed by atoms with Crippen molar-refractivity contribution in [2.24, 2.45) is 0 Å². The van der Waals surface area contributed by atoms with Crippen molar-refractivity contribution in [2.75, 3.05) is 0 Å². The van der Waals surface area contributed by atoms with E-state index < -0.39 is 10.9 Å². The molecule has 0 atom stereocenters. The summed E-state index contributed by atoms with van der Waals surface area (Å²) in [5, 5.41) is 23.6. The van der Waals surface area contributed by atoms with Crippen LogP contribution in [-0.4, -0.2) is 30.8 Å². The molecule has 0 aromatic carbocycles. The molecular formula is C10H8N4O4. The molecule has 2 heterocycles. The summed E-state index contributed by atoms with van der Waals surface area (Å²) in [5.41, 5.74) is 0.207. The zero-order chi connectivity index (χ0) is 13.3. The van der Waals surface area contributed by atoms with Crippen molar-refractivity contribution in [3.8, 4) is 5.82 Å². The fraction of sp³-hybridized carbons (Fsp3) is 0.100. The van der Waals surface area contributed by atoms with Gasteiger partial charge in [0.1, 0.15) is 0 Å². The van der Waals surface area contributed by atoms with E-state index in [0.29, 0.717) is 0 Å². The normalized spacial score (nSPS) is 10.3. The summed E-state index contributed by atoms with van der Waals surface area (Å²) in [5.74, 6) is -1.37. The monoisotopic (exact) mass is 248 g/mol. The van der Waals surface area contributed by atoms with Crippen LogP contribution in [-0.2, 0) is 0 Å². The van der Waals surface area contributed by atoms with Gasteiger partial charge in [-0.25, -0.2) is 14.5 Å². The molecule has 8 nitrogen and oxygen atoms in total. The second kappa shape index (κ2) is 4.24. The number of rotatable bonds is 3. The van der Waals surface area contributed by atoms with Gasteiger partial charge < -0.3 is 5.11 Å². The topological polar surface area (TPSA) is 111 Å². The number of nitro groups is 1. The second-order valence-electron chi connectivity index (χ2n) is 3.56. The number of aryl methyl sites for hydroxylation is 1. The molecule has 0 fully saturated rings. The molecule has 18 heavy (non-hydrogen) atoms. The first-order valence-corrected chi connectivity index (χ1v) is 4.89. The molecule has 8 heteroatoms. The van der Waals surface area contributed by atoms with Gasteiger partial charge in [0.2, 0.25) is 5.82 Å². The smallest absolute Gasteiger partial charge is 0.354 e. The highest BCUT2D eigenvalue weighted by atomic mass is 16.6. The molecule has 92 valence electrons. The van der Waals surface area contributed by atoms with Gasteiger partial charge in [0.15, 0.2) is 5.69 Å². The zero-order valence-corrected chi connectivity index (χ0v) is 9.27. The van der Waals surface area contributed by atoms with Gasteiger partial charge in [-0.05, 0) is 18.6 Å². The maximum absolute atomic E-state index is 10.9. The van der Waals surface area contributed by atoms with Gasteiger partial charge in [-0.3, -0.25) is 10.1 Å². The maximum Gasteiger partial charge on any atom is 0.354 e. The highest BCUT2D eigenvalue weighted by Gasteiger charge is 2.20. The lowest BCUT2D eigenvalue weighted by Gasteiger charge is -2.02. The van der Waals surface area contributed by atoms with Crippen LogP contribution in [0.15, 0.2) is 24.5 Å². The summed E-state index contributed by atoms with van der Waals surface area (Å²) < 4.78 is 1.18. The SMILES string of the molecule is Cc1cnn(-c2nc(C(=O)O)ccc2[N+](=O)[O-])c1. The third-order valence-corrected chi connectivity index (χ3v) is 2.20. The largest absolute Gasteiger partial charge is 0.477 e. The van der Waals surface area contributed by atoms with Crippen LogP contribution in [0, 0.1) is 17.0 Å². The first-order valence-electron chi connectivity index (χ1n) is 4.89. The molecule has 1 N–H and O–H groups in total. The van der Waals surface area contributed by atoms with Crippen LogP contribution < -0.4 is 0 Å². The summed E-state index contributed by atoms with van der Waals surface area (Å²) >= 11 is 0. The molecule has 0 aliphatic carbocycles. The third kappa shape index (κ3) is 2.03. The lowest BCUT2D eigenvalue weighted by atomic mass is 10.3. The summed E-state index contributed by atoms with van der Waals surface area (Å²) in [6, 6.07) is 2.18. The van der Waals surface area contributed by atoms with E-state index in [2.05, 4.69) is 10.1 Å². The predicted molar refractivity (Wildman–Crippen MR) is 59.7 cm³/mol. The second-order valence-corrected chi connectivity index (χ2v) is 3.56. The van der Waals surface area contributed by atoms with E-state index in [0.717, 1.165) is 17.7 Å². The Morgan fingerprint density at radius 2 is 2.22 bits per heavy atom. The molecule has 2 rings (SSSR count). The zero-order valence-electron chi connectivity index (χ0n) is 9.27. The van der Waals surface area contributed by atoms with Crippen molar-refractivity contribution in [1.82, 2.24) is 14.8 Å². The van der Waals surface area contributed by atoms with Crippen LogP contribution in [0.3, 0.4) is 0 Å². The van der Waals surface area contributed by atoms with Crippen LogP contribution in [0.1, 0.15) is 16.1 Å². The Labute approximate surface area is 101 Å². The summed E-state index contributed by atoms with van der Waals surface area (Å²) in [7, 11) is 0. The van der Waals surface area contributed by atoms with E-state index in [-0.39, 0.29) is 17.2 Å². The molecule has 0 aliphatic heterocycles. The molecule has 0 unspecified atom stereocenters. The lowest BCUT2D eigenvalue weighted by Crippen LogP contribution is -2.08. The van der Waals surface area contributed by atoms with Gasteiger partial charge in [-0.1, -0.05) is 0 Å². The number of hydrogen-bond donors (Lipinski definition) is 1. The van der Waals surface area contributed by atoms with Crippen molar-refractivity contribution < 1.29 is 14.8 Å². The number of carbonyl (C=O) groups is 1. The van der Waals surface area contributed by atoms with Crippen molar-refractivity contribution in [3.63, 3.8) is 0 Å².